The van der Waals surface area contributed by atoms with Gasteiger partial charge in [0.25, 0.3) is 0 Å². The Kier molecular flexibility index (Phi) is 17.4. The van der Waals surface area contributed by atoms with Crippen LogP contribution >= 0.6 is 0 Å². The first-order valence-corrected chi connectivity index (χ1v) is 12.2. The first kappa shape index (κ1) is 29.6. The third-order valence-corrected chi connectivity index (χ3v) is 5.15. The average molecular weight is 442 g/mol. The Bertz CT molecular complexity index is 499. The van der Waals surface area contributed by atoms with Gasteiger partial charge in [-0.3, -0.25) is 4.79 Å². The van der Waals surface area contributed by atoms with Crippen LogP contribution in [0, 0.1) is 0 Å². The molecule has 31 heavy (non-hydrogen) atoms. The molecule has 0 saturated heterocycles. The smallest absolute Gasteiger partial charge is 0.308 e. The number of carbonyl (C=O) groups excluding carboxylic acids is 2. The highest BCUT2D eigenvalue weighted by Gasteiger charge is 2.23. The summed E-state index contributed by atoms with van der Waals surface area (Å²) in [7, 11) is 5.70. The second-order valence-electron chi connectivity index (χ2n) is 9.68. The number of ether oxygens (including phenoxy) is 1. The molecule has 0 aromatic rings. The summed E-state index contributed by atoms with van der Waals surface area (Å²) in [6.45, 7) is 2.61. The van der Waals surface area contributed by atoms with E-state index in [1.807, 2.05) is 21.1 Å². The molecule has 0 aliphatic heterocycles. The zero-order valence-corrected chi connectivity index (χ0v) is 20.4. The lowest BCUT2D eigenvalue weighted by atomic mass is 10.0. The SMILES string of the molecule is CCCCCC/C=C\CCCCCCCC(O)CC(=O)O[C@H](CC(=O)[O-])C[N+](C)(C)C. The molecule has 6 nitrogen and oxygen atoms in total. The van der Waals surface area contributed by atoms with E-state index in [1.54, 1.807) is 0 Å². The van der Waals surface area contributed by atoms with Crippen LogP contribution in [-0.2, 0) is 14.3 Å². The van der Waals surface area contributed by atoms with Gasteiger partial charge in [0.05, 0.1) is 33.7 Å². The standard InChI is InChI=1S/C25H47NO5/c1-5-6-7-8-9-10-11-12-13-14-15-16-17-18-22(27)19-25(30)31-23(20-24(28)29)21-26(2,3)4/h10-11,22-23,27H,5-9,12-21H2,1-4H3/b11-10-/t22?,23-/m1/s1. The molecule has 0 spiro atoms. The zero-order valence-electron chi connectivity index (χ0n) is 20.4. The lowest BCUT2D eigenvalue weighted by Crippen LogP contribution is -2.45. The van der Waals surface area contributed by atoms with Crippen LogP contribution in [0.1, 0.15) is 96.8 Å². The highest BCUT2D eigenvalue weighted by atomic mass is 16.5. The van der Waals surface area contributed by atoms with E-state index in [4.69, 9.17) is 4.74 Å². The molecule has 0 aliphatic carbocycles. The first-order chi connectivity index (χ1) is 14.6. The van der Waals surface area contributed by atoms with Crippen molar-refractivity contribution in [2.24, 2.45) is 0 Å². The highest BCUT2D eigenvalue weighted by Crippen LogP contribution is 2.13. The van der Waals surface area contributed by atoms with E-state index in [-0.39, 0.29) is 12.8 Å². The number of aliphatic carboxylic acids is 1. The van der Waals surface area contributed by atoms with Crippen molar-refractivity contribution in [2.45, 2.75) is 109 Å². The molecular weight excluding hydrogens is 394 g/mol. The van der Waals surface area contributed by atoms with Gasteiger partial charge in [0.1, 0.15) is 6.54 Å². The Labute approximate surface area is 190 Å². The normalized spacial score (nSPS) is 14.0. The highest BCUT2D eigenvalue weighted by molar-refractivity contribution is 5.71. The summed E-state index contributed by atoms with van der Waals surface area (Å²) in [4.78, 5) is 22.9. The minimum absolute atomic E-state index is 0.0935. The van der Waals surface area contributed by atoms with Crippen LogP contribution in [0.25, 0.3) is 0 Å². The van der Waals surface area contributed by atoms with Gasteiger partial charge in [0.15, 0.2) is 6.10 Å². The number of aliphatic hydroxyl groups excluding tert-OH is 1. The van der Waals surface area contributed by atoms with Gasteiger partial charge in [-0.2, -0.15) is 0 Å². The summed E-state index contributed by atoms with van der Waals surface area (Å²) in [5.41, 5.74) is 0. The number of carboxylic acids is 1. The van der Waals surface area contributed by atoms with Gasteiger partial charge >= 0.3 is 5.97 Å². The van der Waals surface area contributed by atoms with E-state index in [2.05, 4.69) is 19.1 Å². The summed E-state index contributed by atoms with van der Waals surface area (Å²) < 4.78 is 5.76. The monoisotopic (exact) mass is 441 g/mol. The van der Waals surface area contributed by atoms with Gasteiger partial charge in [0, 0.05) is 12.4 Å². The number of likely N-dealkylation sites (N-methyl/N-ethyl adjacent to an activating group) is 1. The van der Waals surface area contributed by atoms with Gasteiger partial charge in [0.2, 0.25) is 0 Å². The quantitative estimate of drug-likeness (QED) is 0.135. The van der Waals surface area contributed by atoms with Gasteiger partial charge in [-0.05, 0) is 32.1 Å². The minimum atomic E-state index is -1.24. The number of quaternary nitrogens is 1. The fraction of sp³-hybridized carbons (Fsp3) is 0.840. The van der Waals surface area contributed by atoms with Crippen molar-refractivity contribution in [3.63, 3.8) is 0 Å². The molecule has 0 aliphatic rings. The van der Waals surface area contributed by atoms with Gasteiger partial charge < -0.3 is 24.2 Å². The van der Waals surface area contributed by atoms with E-state index >= 15 is 0 Å². The van der Waals surface area contributed by atoms with Crippen LogP contribution in [0.5, 0.6) is 0 Å². The lowest BCUT2D eigenvalue weighted by Gasteiger charge is -2.29. The van der Waals surface area contributed by atoms with Crippen LogP contribution < -0.4 is 5.11 Å². The molecule has 0 rings (SSSR count). The van der Waals surface area contributed by atoms with Gasteiger partial charge in [-0.1, -0.05) is 64.0 Å². The molecule has 1 N–H and O–H groups in total. The molecular formula is C25H47NO5. The van der Waals surface area contributed by atoms with Crippen molar-refractivity contribution in [2.75, 3.05) is 27.7 Å². The number of hydrogen-bond acceptors (Lipinski definition) is 5. The molecule has 0 amide bonds. The Morgan fingerprint density at radius 2 is 1.45 bits per heavy atom. The van der Waals surface area contributed by atoms with Crippen molar-refractivity contribution < 1.29 is 29.0 Å². The maximum atomic E-state index is 12.1. The fourth-order valence-electron chi connectivity index (χ4n) is 3.57. The molecule has 0 saturated carbocycles. The van der Waals surface area contributed by atoms with E-state index in [1.165, 1.54) is 44.9 Å². The number of rotatable bonds is 20. The van der Waals surface area contributed by atoms with Crippen LogP contribution in [-0.4, -0.2) is 61.4 Å². The average Bonchev–Trinajstić information content (AvgIpc) is 2.63. The second-order valence-corrected chi connectivity index (χ2v) is 9.68. The van der Waals surface area contributed by atoms with Crippen LogP contribution in [0.3, 0.4) is 0 Å². The van der Waals surface area contributed by atoms with Crippen LogP contribution in [0.4, 0.5) is 0 Å². The zero-order chi connectivity index (χ0) is 23.5. The fourth-order valence-corrected chi connectivity index (χ4v) is 3.57. The van der Waals surface area contributed by atoms with Crippen LogP contribution in [0.15, 0.2) is 12.2 Å². The largest absolute Gasteiger partial charge is 0.550 e. The molecule has 0 aromatic heterocycles. The number of unbranched alkanes of at least 4 members (excludes halogenated alkanes) is 9. The van der Waals surface area contributed by atoms with Gasteiger partial charge in [-0.25, -0.2) is 0 Å². The minimum Gasteiger partial charge on any atom is -0.550 e. The van der Waals surface area contributed by atoms with Crippen molar-refractivity contribution in [3.05, 3.63) is 12.2 Å². The van der Waals surface area contributed by atoms with E-state index < -0.39 is 24.1 Å². The predicted molar refractivity (Wildman–Crippen MR) is 123 cm³/mol. The number of hydrogen-bond donors (Lipinski definition) is 1. The third-order valence-electron chi connectivity index (χ3n) is 5.15. The van der Waals surface area contributed by atoms with Crippen molar-refractivity contribution in [1.82, 2.24) is 0 Å². The van der Waals surface area contributed by atoms with E-state index in [0.717, 1.165) is 25.7 Å². The number of allylic oxidation sites excluding steroid dienone is 2. The summed E-state index contributed by atoms with van der Waals surface area (Å²) >= 11 is 0. The Hall–Kier alpha value is -1.40. The number of nitrogens with zero attached hydrogens (tertiary/aromatic N) is 1. The molecule has 0 bridgehead atoms. The maximum Gasteiger partial charge on any atom is 0.308 e. The number of carboxylic acid groups (broad SMARTS) is 1. The van der Waals surface area contributed by atoms with Crippen molar-refractivity contribution in [3.8, 4) is 0 Å². The van der Waals surface area contributed by atoms with E-state index in [9.17, 15) is 19.8 Å². The summed E-state index contributed by atoms with van der Waals surface area (Å²) in [5.74, 6) is -1.79. The first-order valence-electron chi connectivity index (χ1n) is 12.2. The molecule has 182 valence electrons. The molecule has 0 aromatic carbocycles. The third kappa shape index (κ3) is 21.6. The second kappa shape index (κ2) is 18.2. The number of esters is 1. The Morgan fingerprint density at radius 3 is 2.00 bits per heavy atom. The van der Waals surface area contributed by atoms with Gasteiger partial charge in [-0.15, -0.1) is 0 Å². The predicted octanol–water partition coefficient (Wildman–Crippen LogP) is 3.75. The number of carbonyl (C=O) groups is 2. The molecule has 0 fully saturated rings. The summed E-state index contributed by atoms with van der Waals surface area (Å²) in [6, 6.07) is 0. The molecule has 1 unspecified atom stereocenters. The van der Waals surface area contributed by atoms with Crippen molar-refractivity contribution >= 4 is 11.9 Å². The molecule has 0 radical (unpaired) electrons. The van der Waals surface area contributed by atoms with Crippen molar-refractivity contribution in [1.29, 1.82) is 0 Å². The topological polar surface area (TPSA) is 86.7 Å². The Balaban J connectivity index is 3.81. The Morgan fingerprint density at radius 1 is 0.903 bits per heavy atom. The molecule has 0 heterocycles. The molecule has 6 heteroatoms. The summed E-state index contributed by atoms with van der Waals surface area (Å²) in [5, 5.41) is 21.0. The molecule has 2 atom stereocenters. The lowest BCUT2D eigenvalue weighted by molar-refractivity contribution is -0.873. The maximum absolute atomic E-state index is 12.1. The van der Waals surface area contributed by atoms with E-state index in [0.29, 0.717) is 17.4 Å². The summed E-state index contributed by atoms with van der Waals surface area (Å²) in [6.07, 6.45) is 16.3. The number of aliphatic hydroxyl groups is 1. The van der Waals surface area contributed by atoms with Crippen LogP contribution in [0.2, 0.25) is 0 Å².